The van der Waals surface area contributed by atoms with Gasteiger partial charge < -0.3 is 10.1 Å². The van der Waals surface area contributed by atoms with Gasteiger partial charge >= 0.3 is 0 Å². The molecule has 0 spiro atoms. The van der Waals surface area contributed by atoms with E-state index in [2.05, 4.69) is 5.32 Å². The molecule has 4 aromatic rings. The minimum atomic E-state index is -3.34. The van der Waals surface area contributed by atoms with Crippen LogP contribution in [0.1, 0.15) is 29.1 Å². The topological polar surface area (TPSA) is 72.5 Å². The lowest BCUT2D eigenvalue weighted by Gasteiger charge is -2.23. The summed E-state index contributed by atoms with van der Waals surface area (Å²) in [5.41, 5.74) is 1.03. The summed E-state index contributed by atoms with van der Waals surface area (Å²) in [6, 6.07) is 15.5. The predicted octanol–water partition coefficient (Wildman–Crippen LogP) is 7.67. The number of hydrogen-bond donors (Lipinski definition) is 1. The van der Waals surface area contributed by atoms with Crippen LogP contribution in [0.3, 0.4) is 0 Å². The van der Waals surface area contributed by atoms with Gasteiger partial charge in [0.2, 0.25) is 0 Å². The summed E-state index contributed by atoms with van der Waals surface area (Å²) in [6.07, 6.45) is 1.20. The maximum Gasteiger partial charge on any atom is 0.265 e. The summed E-state index contributed by atoms with van der Waals surface area (Å²) in [7, 11) is -3.34. The summed E-state index contributed by atoms with van der Waals surface area (Å²) in [4.78, 5) is 13.4. The maximum atomic E-state index is 13.6. The number of ether oxygens (including phenoxy) is 1. The van der Waals surface area contributed by atoms with E-state index in [0.717, 1.165) is 16.2 Å². The zero-order chi connectivity index (χ0) is 25.5. The van der Waals surface area contributed by atoms with Crippen molar-refractivity contribution in [3.8, 4) is 11.5 Å². The lowest BCUT2D eigenvalue weighted by molar-refractivity contribution is 0.103. The molecule has 0 unspecified atom stereocenters. The van der Waals surface area contributed by atoms with E-state index >= 15 is 0 Å². The molecule has 4 rings (SSSR count). The smallest absolute Gasteiger partial charge is 0.265 e. The molecule has 10 heteroatoms. The second-order valence-corrected chi connectivity index (χ2v) is 13.0. The molecule has 35 heavy (non-hydrogen) atoms. The molecule has 1 aromatic heterocycles. The third-order valence-corrected chi connectivity index (χ3v) is 9.20. The van der Waals surface area contributed by atoms with Gasteiger partial charge in [-0.05, 0) is 67.3 Å². The van der Waals surface area contributed by atoms with E-state index in [4.69, 9.17) is 27.9 Å². The highest BCUT2D eigenvalue weighted by Gasteiger charge is 2.32. The first-order chi connectivity index (χ1) is 16.3. The van der Waals surface area contributed by atoms with Crippen LogP contribution in [0.15, 0.2) is 60.7 Å². The maximum absolute atomic E-state index is 13.6. The highest BCUT2D eigenvalue weighted by Crippen LogP contribution is 2.35. The van der Waals surface area contributed by atoms with Crippen molar-refractivity contribution >= 4 is 66.1 Å². The monoisotopic (exact) mass is 551 g/mol. The summed E-state index contributed by atoms with van der Waals surface area (Å²) < 4.78 is 43.5. The van der Waals surface area contributed by atoms with Crippen molar-refractivity contribution in [3.63, 3.8) is 0 Å². The first-order valence-electron chi connectivity index (χ1n) is 10.3. The van der Waals surface area contributed by atoms with Gasteiger partial charge in [-0.15, -0.1) is 11.3 Å². The Balaban J connectivity index is 1.58. The third kappa shape index (κ3) is 5.62. The van der Waals surface area contributed by atoms with Crippen molar-refractivity contribution in [2.24, 2.45) is 0 Å². The number of nitrogens with one attached hydrogen (secondary N) is 1. The SMILES string of the molecule is CC(C)(c1ccc2sc(C(=O)Nc3cc(Cl)cc(Oc4cc(F)cc(Cl)c4)c3)cc2c1)S(C)(=O)=O. The number of sulfone groups is 1. The number of halogens is 3. The molecule has 0 saturated heterocycles. The number of amides is 1. The number of benzene rings is 3. The van der Waals surface area contributed by atoms with Gasteiger partial charge in [-0.2, -0.15) is 0 Å². The second kappa shape index (κ2) is 9.43. The van der Waals surface area contributed by atoms with Crippen molar-refractivity contribution in [2.75, 3.05) is 11.6 Å². The molecule has 0 fully saturated rings. The van der Waals surface area contributed by atoms with Gasteiger partial charge in [-0.1, -0.05) is 29.3 Å². The average molecular weight is 552 g/mol. The molecule has 0 radical (unpaired) electrons. The number of anilines is 1. The molecule has 5 nitrogen and oxygen atoms in total. The van der Waals surface area contributed by atoms with Gasteiger partial charge in [-0.25, -0.2) is 12.8 Å². The fourth-order valence-electron chi connectivity index (χ4n) is 3.35. The van der Waals surface area contributed by atoms with Crippen LogP contribution in [0, 0.1) is 5.82 Å². The summed E-state index contributed by atoms with van der Waals surface area (Å²) >= 11 is 13.3. The molecule has 1 N–H and O–H groups in total. The molecule has 1 heterocycles. The number of fused-ring (bicyclic) bond motifs is 1. The van der Waals surface area contributed by atoms with Crippen LogP contribution in [-0.2, 0) is 14.6 Å². The van der Waals surface area contributed by atoms with Crippen LogP contribution in [0.2, 0.25) is 10.0 Å². The lowest BCUT2D eigenvalue weighted by atomic mass is 10.0. The molecular formula is C25H20Cl2FNO4S2. The molecule has 0 aliphatic carbocycles. The molecule has 0 atom stereocenters. The number of hydrogen-bond acceptors (Lipinski definition) is 5. The molecule has 0 aliphatic rings. The molecule has 0 bridgehead atoms. The van der Waals surface area contributed by atoms with Gasteiger partial charge in [0.05, 0.1) is 9.62 Å². The molecule has 0 saturated carbocycles. The average Bonchev–Trinajstić information content (AvgIpc) is 3.15. The Morgan fingerprint density at radius 1 is 0.971 bits per heavy atom. The van der Waals surface area contributed by atoms with Gasteiger partial charge in [0.15, 0.2) is 9.84 Å². The van der Waals surface area contributed by atoms with E-state index in [1.807, 2.05) is 6.07 Å². The van der Waals surface area contributed by atoms with E-state index < -0.39 is 20.4 Å². The Morgan fingerprint density at radius 2 is 1.63 bits per heavy atom. The Kier molecular flexibility index (Phi) is 6.85. The van der Waals surface area contributed by atoms with Crippen LogP contribution in [0.5, 0.6) is 11.5 Å². The Hall–Kier alpha value is -2.65. The van der Waals surface area contributed by atoms with E-state index in [1.54, 1.807) is 44.2 Å². The van der Waals surface area contributed by atoms with Crippen LogP contribution in [0.4, 0.5) is 10.1 Å². The van der Waals surface area contributed by atoms with Crippen molar-refractivity contribution in [1.82, 2.24) is 0 Å². The minimum absolute atomic E-state index is 0.184. The minimum Gasteiger partial charge on any atom is -0.457 e. The first-order valence-corrected chi connectivity index (χ1v) is 13.8. The van der Waals surface area contributed by atoms with E-state index in [0.29, 0.717) is 26.9 Å². The molecule has 3 aromatic carbocycles. The highest BCUT2D eigenvalue weighted by atomic mass is 35.5. The van der Waals surface area contributed by atoms with E-state index in [1.165, 1.54) is 35.8 Å². The van der Waals surface area contributed by atoms with Crippen molar-refractivity contribution in [3.05, 3.63) is 87.0 Å². The first kappa shape index (κ1) is 25.4. The van der Waals surface area contributed by atoms with Crippen molar-refractivity contribution < 1.29 is 22.3 Å². The summed E-state index contributed by atoms with van der Waals surface area (Å²) in [5, 5.41) is 4.05. The van der Waals surface area contributed by atoms with Crippen molar-refractivity contribution in [1.29, 1.82) is 0 Å². The fourth-order valence-corrected chi connectivity index (χ4v) is 5.28. The zero-order valence-electron chi connectivity index (χ0n) is 18.9. The Morgan fingerprint density at radius 3 is 2.29 bits per heavy atom. The van der Waals surface area contributed by atoms with Crippen molar-refractivity contribution in [2.45, 2.75) is 18.6 Å². The summed E-state index contributed by atoms with van der Waals surface area (Å²) in [6.45, 7) is 3.31. The van der Waals surface area contributed by atoms with E-state index in [-0.39, 0.29) is 16.7 Å². The van der Waals surface area contributed by atoms with Gasteiger partial charge in [0, 0.05) is 38.8 Å². The summed E-state index contributed by atoms with van der Waals surface area (Å²) in [5.74, 6) is -0.432. The number of carbonyl (C=O) groups is 1. The fraction of sp³-hybridized carbons (Fsp3) is 0.160. The van der Waals surface area contributed by atoms with Gasteiger partial charge in [-0.3, -0.25) is 4.79 Å². The quantitative estimate of drug-likeness (QED) is 0.266. The van der Waals surface area contributed by atoms with Gasteiger partial charge in [0.25, 0.3) is 5.91 Å². The predicted molar refractivity (Wildman–Crippen MR) is 141 cm³/mol. The largest absolute Gasteiger partial charge is 0.457 e. The lowest BCUT2D eigenvalue weighted by Crippen LogP contribution is -2.27. The zero-order valence-corrected chi connectivity index (χ0v) is 22.0. The Bertz CT molecular complexity index is 1540. The number of thiophene rings is 1. The number of rotatable bonds is 6. The van der Waals surface area contributed by atoms with Crippen LogP contribution in [-0.4, -0.2) is 20.6 Å². The normalized spacial score (nSPS) is 12.1. The van der Waals surface area contributed by atoms with Gasteiger partial charge in [0.1, 0.15) is 17.3 Å². The molecule has 0 aliphatic heterocycles. The molecular weight excluding hydrogens is 532 g/mol. The molecule has 1 amide bonds. The third-order valence-electron chi connectivity index (χ3n) is 5.56. The number of carbonyl (C=O) groups excluding carboxylic acids is 1. The van der Waals surface area contributed by atoms with Crippen LogP contribution < -0.4 is 10.1 Å². The van der Waals surface area contributed by atoms with Crippen LogP contribution in [0.25, 0.3) is 10.1 Å². The second-order valence-electron chi connectivity index (χ2n) is 8.48. The van der Waals surface area contributed by atoms with E-state index in [9.17, 15) is 17.6 Å². The molecule has 182 valence electrons. The Labute approximate surface area is 216 Å². The van der Waals surface area contributed by atoms with Crippen LogP contribution >= 0.6 is 34.5 Å². The standard InChI is InChI=1S/C25H20Cl2FNO4S2/c1-25(2,35(3,31)32)15-4-5-22-14(6-15)7-23(34-22)24(30)29-19-9-17(27)11-21(13-19)33-20-10-16(26)8-18(28)12-20/h4-13H,1-3H3,(H,29,30). The highest BCUT2D eigenvalue weighted by molar-refractivity contribution is 7.91.